The van der Waals surface area contributed by atoms with Gasteiger partial charge in [0.15, 0.2) is 0 Å². The minimum atomic E-state index is -0.0919. The Labute approximate surface area is 117 Å². The summed E-state index contributed by atoms with van der Waals surface area (Å²) < 4.78 is 0. The van der Waals surface area contributed by atoms with Crippen molar-refractivity contribution in [1.29, 1.82) is 5.26 Å². The molecule has 0 aromatic carbocycles. The fourth-order valence-electron chi connectivity index (χ4n) is 2.19. The average molecular weight is 272 g/mol. The van der Waals surface area contributed by atoms with Gasteiger partial charge in [-0.15, -0.1) is 0 Å². The van der Waals surface area contributed by atoms with Gasteiger partial charge in [-0.1, -0.05) is 13.0 Å². The van der Waals surface area contributed by atoms with E-state index in [9.17, 15) is 9.59 Å². The predicted octanol–water partition coefficient (Wildman–Crippen LogP) is 0.534. The van der Waals surface area contributed by atoms with Crippen molar-refractivity contribution in [1.82, 2.24) is 14.8 Å². The Morgan fingerprint density at radius 2 is 2.00 bits per heavy atom. The molecule has 0 N–H and O–H groups in total. The molecule has 104 valence electrons. The summed E-state index contributed by atoms with van der Waals surface area (Å²) in [5, 5.41) is 8.99. The number of amides is 2. The van der Waals surface area contributed by atoms with Crippen LogP contribution < -0.4 is 0 Å². The van der Waals surface area contributed by atoms with E-state index in [4.69, 9.17) is 5.26 Å². The van der Waals surface area contributed by atoms with E-state index in [-0.39, 0.29) is 31.4 Å². The van der Waals surface area contributed by atoms with Crippen molar-refractivity contribution in [3.8, 4) is 6.07 Å². The number of nitriles is 1. The van der Waals surface area contributed by atoms with Crippen LogP contribution in [0.15, 0.2) is 18.3 Å². The Kier molecular flexibility index (Phi) is 4.31. The van der Waals surface area contributed by atoms with Gasteiger partial charge in [0.25, 0.3) is 0 Å². The third kappa shape index (κ3) is 2.94. The first-order valence-electron chi connectivity index (χ1n) is 6.55. The molecule has 6 heteroatoms. The molecule has 2 heterocycles. The molecule has 1 aromatic rings. The number of carbonyl (C=O) groups excluding carboxylic acids is 2. The molecule has 0 aliphatic carbocycles. The molecular formula is C14H16N4O2. The number of pyridine rings is 1. The number of piperazine rings is 1. The Balaban J connectivity index is 2.09. The Bertz CT molecular complexity index is 565. The predicted molar refractivity (Wildman–Crippen MR) is 71.2 cm³/mol. The minimum Gasteiger partial charge on any atom is -0.332 e. The summed E-state index contributed by atoms with van der Waals surface area (Å²) in [5.74, 6) is -0.139. The maximum atomic E-state index is 12.1. The van der Waals surface area contributed by atoms with Crippen molar-refractivity contribution in [2.75, 3.05) is 19.6 Å². The molecule has 2 amide bonds. The lowest BCUT2D eigenvalue weighted by molar-refractivity contribution is -0.150. The third-order valence-corrected chi connectivity index (χ3v) is 3.21. The van der Waals surface area contributed by atoms with Crippen molar-refractivity contribution >= 4 is 11.8 Å². The number of hydrogen-bond acceptors (Lipinski definition) is 4. The second-order valence-corrected chi connectivity index (χ2v) is 4.69. The van der Waals surface area contributed by atoms with E-state index in [1.165, 1.54) is 11.1 Å². The summed E-state index contributed by atoms with van der Waals surface area (Å²) >= 11 is 0. The molecule has 2 rings (SSSR count). The first kappa shape index (κ1) is 14.0. The highest BCUT2D eigenvalue weighted by molar-refractivity contribution is 5.92. The second kappa shape index (κ2) is 6.15. The summed E-state index contributed by atoms with van der Waals surface area (Å²) in [5.41, 5.74) is 0.962. The van der Waals surface area contributed by atoms with Gasteiger partial charge in [-0.3, -0.25) is 9.59 Å². The van der Waals surface area contributed by atoms with Crippen LogP contribution in [0.4, 0.5) is 0 Å². The quantitative estimate of drug-likeness (QED) is 0.801. The summed E-state index contributed by atoms with van der Waals surface area (Å²) in [7, 11) is 0. The van der Waals surface area contributed by atoms with Crippen LogP contribution in [0.2, 0.25) is 0 Å². The molecule has 20 heavy (non-hydrogen) atoms. The van der Waals surface area contributed by atoms with Crippen molar-refractivity contribution in [3.05, 3.63) is 29.6 Å². The van der Waals surface area contributed by atoms with Crippen LogP contribution in [-0.2, 0) is 16.1 Å². The highest BCUT2D eigenvalue weighted by Crippen LogP contribution is 2.12. The van der Waals surface area contributed by atoms with Gasteiger partial charge in [-0.05, 0) is 12.5 Å². The van der Waals surface area contributed by atoms with Crippen LogP contribution in [-0.4, -0.2) is 46.2 Å². The van der Waals surface area contributed by atoms with Gasteiger partial charge in [-0.2, -0.15) is 5.26 Å². The van der Waals surface area contributed by atoms with E-state index >= 15 is 0 Å². The summed E-state index contributed by atoms with van der Waals surface area (Å²) in [6, 6.07) is 5.47. The molecule has 0 atom stereocenters. The van der Waals surface area contributed by atoms with E-state index < -0.39 is 0 Å². The van der Waals surface area contributed by atoms with Gasteiger partial charge in [-0.25, -0.2) is 4.98 Å². The second-order valence-electron chi connectivity index (χ2n) is 4.69. The molecule has 0 bridgehead atoms. The van der Waals surface area contributed by atoms with Crippen molar-refractivity contribution < 1.29 is 9.59 Å². The first-order valence-corrected chi connectivity index (χ1v) is 6.55. The third-order valence-electron chi connectivity index (χ3n) is 3.21. The van der Waals surface area contributed by atoms with E-state index in [1.54, 1.807) is 17.0 Å². The molecule has 1 fully saturated rings. The first-order chi connectivity index (χ1) is 9.65. The molecule has 0 radical (unpaired) electrons. The summed E-state index contributed by atoms with van der Waals surface area (Å²) in [6.45, 7) is 3.02. The van der Waals surface area contributed by atoms with E-state index in [1.807, 2.05) is 13.0 Å². The topological polar surface area (TPSA) is 77.3 Å². The number of hydrogen-bond donors (Lipinski definition) is 0. The molecule has 0 spiro atoms. The van der Waals surface area contributed by atoms with Crippen LogP contribution in [0.3, 0.4) is 0 Å². The van der Waals surface area contributed by atoms with Gasteiger partial charge < -0.3 is 9.80 Å². The van der Waals surface area contributed by atoms with Crippen LogP contribution in [0.25, 0.3) is 0 Å². The maximum Gasteiger partial charge on any atom is 0.242 e. The zero-order valence-electron chi connectivity index (χ0n) is 11.4. The van der Waals surface area contributed by atoms with Gasteiger partial charge in [0.05, 0.1) is 6.54 Å². The van der Waals surface area contributed by atoms with Gasteiger partial charge >= 0.3 is 0 Å². The van der Waals surface area contributed by atoms with Crippen LogP contribution in [0, 0.1) is 11.3 Å². The molecule has 1 aliphatic rings. The summed E-state index contributed by atoms with van der Waals surface area (Å²) in [6.07, 6.45) is 2.37. The standard InChI is InChI=1S/C14H16N4O2/c1-2-6-17-9-14(20)18(10-13(17)19)8-11-4-3-5-16-12(11)7-15/h3-5H,2,6,8-10H2,1H3. The number of nitrogens with zero attached hydrogens (tertiary/aromatic N) is 4. The van der Waals surface area contributed by atoms with Gasteiger partial charge in [0.2, 0.25) is 11.8 Å². The Hall–Kier alpha value is -2.42. The molecule has 6 nitrogen and oxygen atoms in total. The lowest BCUT2D eigenvalue weighted by atomic mass is 10.1. The smallest absolute Gasteiger partial charge is 0.242 e. The fourth-order valence-corrected chi connectivity index (χ4v) is 2.19. The minimum absolute atomic E-state index is 0.0474. The monoisotopic (exact) mass is 272 g/mol. The Morgan fingerprint density at radius 1 is 1.30 bits per heavy atom. The molecule has 1 aromatic heterocycles. The highest BCUT2D eigenvalue weighted by Gasteiger charge is 2.29. The zero-order chi connectivity index (χ0) is 14.5. The van der Waals surface area contributed by atoms with Crippen LogP contribution in [0.1, 0.15) is 24.6 Å². The van der Waals surface area contributed by atoms with Crippen molar-refractivity contribution in [2.24, 2.45) is 0 Å². The van der Waals surface area contributed by atoms with Crippen molar-refractivity contribution in [3.63, 3.8) is 0 Å². The maximum absolute atomic E-state index is 12.1. The lowest BCUT2D eigenvalue weighted by Gasteiger charge is -2.33. The number of rotatable bonds is 4. The average Bonchev–Trinajstić information content (AvgIpc) is 2.45. The normalized spacial score (nSPS) is 15.4. The lowest BCUT2D eigenvalue weighted by Crippen LogP contribution is -2.53. The number of aromatic nitrogens is 1. The molecular weight excluding hydrogens is 256 g/mol. The molecule has 0 saturated carbocycles. The molecule has 1 aliphatic heterocycles. The largest absolute Gasteiger partial charge is 0.332 e. The number of carbonyl (C=O) groups is 2. The van der Waals surface area contributed by atoms with E-state index in [0.717, 1.165) is 6.42 Å². The summed E-state index contributed by atoms with van der Waals surface area (Å²) in [4.78, 5) is 31.0. The highest BCUT2D eigenvalue weighted by atomic mass is 16.2. The van der Waals surface area contributed by atoms with E-state index in [2.05, 4.69) is 4.98 Å². The van der Waals surface area contributed by atoms with Crippen LogP contribution >= 0.6 is 0 Å². The molecule has 1 saturated heterocycles. The van der Waals surface area contributed by atoms with Crippen molar-refractivity contribution in [2.45, 2.75) is 19.9 Å². The van der Waals surface area contributed by atoms with E-state index in [0.29, 0.717) is 17.8 Å². The SMILES string of the molecule is CCCN1CC(=O)N(Cc2cccnc2C#N)CC1=O. The van der Waals surface area contributed by atoms with Gasteiger partial charge in [0, 0.05) is 24.8 Å². The Morgan fingerprint density at radius 3 is 2.70 bits per heavy atom. The molecule has 0 unspecified atom stereocenters. The fraction of sp³-hybridized carbons (Fsp3) is 0.429. The van der Waals surface area contributed by atoms with Crippen LogP contribution in [0.5, 0.6) is 0 Å². The van der Waals surface area contributed by atoms with Gasteiger partial charge in [0.1, 0.15) is 18.3 Å². The zero-order valence-corrected chi connectivity index (χ0v) is 11.4.